The number of carbonyl (C=O) groups excluding carboxylic acids is 2. The van der Waals surface area contributed by atoms with E-state index in [-0.39, 0.29) is 23.3 Å². The monoisotopic (exact) mass is 379 g/mol. The van der Waals surface area contributed by atoms with Crippen LogP contribution in [0, 0.1) is 11.8 Å². The van der Waals surface area contributed by atoms with E-state index in [0.717, 1.165) is 6.42 Å². The summed E-state index contributed by atoms with van der Waals surface area (Å²) in [6, 6.07) is 0.661. The molecule has 150 valence electrons. The molecular weight excluding hydrogens is 350 g/mol. The topological polar surface area (TPSA) is 124 Å². The van der Waals surface area contributed by atoms with Gasteiger partial charge in [0.15, 0.2) is 5.75 Å². The molecule has 2 amide bonds. The minimum absolute atomic E-state index is 0.134. The standard InChI is InChI=1S/C19H29N3O5/c1-12(2)15(20)17(24)22-19(25)27-18-16(23)14(8-10-21-18)26-11-9-13-6-4-3-5-7-13/h8,10,12-13,15,23H,3-7,9,11,20H2,1-2H3,(H,22,24,25)/t15-/m0/s1. The van der Waals surface area contributed by atoms with Gasteiger partial charge in [-0.3, -0.25) is 10.1 Å². The minimum Gasteiger partial charge on any atom is -0.501 e. The molecule has 1 atom stereocenters. The van der Waals surface area contributed by atoms with E-state index in [2.05, 4.69) is 4.98 Å². The number of ether oxygens (including phenoxy) is 2. The van der Waals surface area contributed by atoms with Crippen molar-refractivity contribution in [3.63, 3.8) is 0 Å². The number of imide groups is 1. The van der Waals surface area contributed by atoms with Gasteiger partial charge in [-0.25, -0.2) is 9.78 Å². The zero-order chi connectivity index (χ0) is 19.8. The van der Waals surface area contributed by atoms with E-state index in [0.29, 0.717) is 12.5 Å². The van der Waals surface area contributed by atoms with Crippen molar-refractivity contribution in [2.45, 2.75) is 58.4 Å². The smallest absolute Gasteiger partial charge is 0.420 e. The van der Waals surface area contributed by atoms with E-state index in [4.69, 9.17) is 15.2 Å². The summed E-state index contributed by atoms with van der Waals surface area (Å²) in [5.74, 6) is -0.653. The molecule has 1 fully saturated rings. The van der Waals surface area contributed by atoms with Crippen molar-refractivity contribution in [3.8, 4) is 17.4 Å². The van der Waals surface area contributed by atoms with Crippen LogP contribution < -0.4 is 20.5 Å². The van der Waals surface area contributed by atoms with Gasteiger partial charge in [-0.2, -0.15) is 0 Å². The van der Waals surface area contributed by atoms with Crippen LogP contribution in [0.4, 0.5) is 4.79 Å². The molecule has 1 aliphatic carbocycles. The van der Waals surface area contributed by atoms with Crippen molar-refractivity contribution in [1.82, 2.24) is 10.3 Å². The fourth-order valence-electron chi connectivity index (χ4n) is 3.02. The molecule has 2 rings (SSSR count). The number of carbonyl (C=O) groups is 2. The highest BCUT2D eigenvalue weighted by atomic mass is 16.6. The summed E-state index contributed by atoms with van der Waals surface area (Å²) in [6.07, 6.45) is 7.47. The van der Waals surface area contributed by atoms with Crippen LogP contribution in [0.25, 0.3) is 0 Å². The number of nitrogens with zero attached hydrogens (tertiary/aromatic N) is 1. The summed E-state index contributed by atoms with van der Waals surface area (Å²) in [4.78, 5) is 27.4. The maximum atomic E-state index is 11.8. The first-order chi connectivity index (χ1) is 12.9. The third kappa shape index (κ3) is 6.39. The first kappa shape index (κ1) is 21.0. The lowest BCUT2D eigenvalue weighted by Crippen LogP contribution is -2.47. The average Bonchev–Trinajstić information content (AvgIpc) is 2.64. The molecule has 0 spiro atoms. The SMILES string of the molecule is CC(C)[C@H](N)C(=O)NC(=O)Oc1nccc(OCCC2CCCCC2)c1O. The quantitative estimate of drug-likeness (QED) is 0.665. The van der Waals surface area contributed by atoms with Crippen molar-refractivity contribution < 1.29 is 24.2 Å². The molecule has 4 N–H and O–H groups in total. The summed E-state index contributed by atoms with van der Waals surface area (Å²) in [5.41, 5.74) is 5.67. The van der Waals surface area contributed by atoms with Gasteiger partial charge >= 0.3 is 6.09 Å². The first-order valence-corrected chi connectivity index (χ1v) is 9.47. The summed E-state index contributed by atoms with van der Waals surface area (Å²) in [7, 11) is 0. The number of nitrogens with two attached hydrogens (primary N) is 1. The number of hydrogen-bond donors (Lipinski definition) is 3. The Morgan fingerprint density at radius 1 is 1.33 bits per heavy atom. The molecule has 1 aromatic rings. The van der Waals surface area contributed by atoms with Crippen LogP contribution >= 0.6 is 0 Å². The number of aromatic nitrogens is 1. The molecule has 0 unspecified atom stereocenters. The van der Waals surface area contributed by atoms with Crippen molar-refractivity contribution in [3.05, 3.63) is 12.3 Å². The fourth-order valence-corrected chi connectivity index (χ4v) is 3.02. The van der Waals surface area contributed by atoms with Gasteiger partial charge in [0.05, 0.1) is 12.6 Å². The Morgan fingerprint density at radius 3 is 2.70 bits per heavy atom. The van der Waals surface area contributed by atoms with Gasteiger partial charge in [0, 0.05) is 12.3 Å². The number of aromatic hydroxyl groups is 1. The predicted molar refractivity (Wildman–Crippen MR) is 99.6 cm³/mol. The Morgan fingerprint density at radius 2 is 2.04 bits per heavy atom. The Hall–Kier alpha value is -2.35. The van der Waals surface area contributed by atoms with Gasteiger partial charge < -0.3 is 20.3 Å². The van der Waals surface area contributed by atoms with Crippen LogP contribution in [-0.4, -0.2) is 34.7 Å². The Labute approximate surface area is 159 Å². The van der Waals surface area contributed by atoms with Crippen LogP contribution in [0.15, 0.2) is 12.3 Å². The van der Waals surface area contributed by atoms with Crippen molar-refractivity contribution in [2.75, 3.05) is 6.61 Å². The second-order valence-electron chi connectivity index (χ2n) is 7.25. The van der Waals surface area contributed by atoms with E-state index in [1.54, 1.807) is 13.8 Å². The largest absolute Gasteiger partial charge is 0.501 e. The molecule has 0 saturated heterocycles. The van der Waals surface area contributed by atoms with Crippen LogP contribution in [0.1, 0.15) is 52.4 Å². The molecule has 0 bridgehead atoms. The Balaban J connectivity index is 1.87. The molecule has 1 aliphatic rings. The normalized spacial score (nSPS) is 16.0. The van der Waals surface area contributed by atoms with Gasteiger partial charge in [0.25, 0.3) is 5.88 Å². The maximum absolute atomic E-state index is 11.8. The van der Waals surface area contributed by atoms with Crippen molar-refractivity contribution in [1.29, 1.82) is 0 Å². The second kappa shape index (κ2) is 10.1. The summed E-state index contributed by atoms with van der Waals surface area (Å²) in [5, 5.41) is 12.2. The number of rotatable bonds is 7. The fraction of sp³-hybridized carbons (Fsp3) is 0.632. The lowest BCUT2D eigenvalue weighted by molar-refractivity contribution is -0.122. The van der Waals surface area contributed by atoms with Gasteiger partial charge in [-0.15, -0.1) is 0 Å². The predicted octanol–water partition coefficient (Wildman–Crippen LogP) is 2.73. The van der Waals surface area contributed by atoms with E-state index in [1.807, 2.05) is 5.32 Å². The zero-order valence-electron chi connectivity index (χ0n) is 15.9. The van der Waals surface area contributed by atoms with E-state index in [9.17, 15) is 14.7 Å². The molecule has 1 aromatic heterocycles. The molecule has 1 saturated carbocycles. The second-order valence-corrected chi connectivity index (χ2v) is 7.25. The third-order valence-corrected chi connectivity index (χ3v) is 4.80. The summed E-state index contributed by atoms with van der Waals surface area (Å²) < 4.78 is 10.5. The lowest BCUT2D eigenvalue weighted by Gasteiger charge is -2.21. The molecule has 8 nitrogen and oxygen atoms in total. The first-order valence-electron chi connectivity index (χ1n) is 9.47. The van der Waals surface area contributed by atoms with Gasteiger partial charge in [0.1, 0.15) is 0 Å². The van der Waals surface area contributed by atoms with Crippen molar-refractivity contribution in [2.24, 2.45) is 17.6 Å². The van der Waals surface area contributed by atoms with Gasteiger partial charge in [-0.05, 0) is 18.3 Å². The lowest BCUT2D eigenvalue weighted by atomic mass is 9.87. The number of nitrogens with one attached hydrogen (secondary N) is 1. The van der Waals surface area contributed by atoms with E-state index in [1.165, 1.54) is 44.4 Å². The van der Waals surface area contributed by atoms with Crippen LogP contribution in [0.5, 0.6) is 17.4 Å². The van der Waals surface area contributed by atoms with E-state index < -0.39 is 18.0 Å². The molecule has 0 aromatic carbocycles. The summed E-state index contributed by atoms with van der Waals surface area (Å²) in [6.45, 7) is 3.99. The molecule has 1 heterocycles. The van der Waals surface area contributed by atoms with Gasteiger partial charge in [0.2, 0.25) is 11.7 Å². The van der Waals surface area contributed by atoms with Crippen LogP contribution in [0.2, 0.25) is 0 Å². The number of hydrogen-bond acceptors (Lipinski definition) is 7. The van der Waals surface area contributed by atoms with Crippen molar-refractivity contribution >= 4 is 12.0 Å². The van der Waals surface area contributed by atoms with Gasteiger partial charge in [-0.1, -0.05) is 46.0 Å². The third-order valence-electron chi connectivity index (χ3n) is 4.80. The van der Waals surface area contributed by atoms with E-state index >= 15 is 0 Å². The summed E-state index contributed by atoms with van der Waals surface area (Å²) >= 11 is 0. The molecule has 27 heavy (non-hydrogen) atoms. The number of amides is 2. The minimum atomic E-state index is -1.06. The maximum Gasteiger partial charge on any atom is 0.420 e. The molecule has 0 radical (unpaired) electrons. The average molecular weight is 379 g/mol. The molecular formula is C19H29N3O5. The number of pyridine rings is 1. The highest BCUT2D eigenvalue weighted by Gasteiger charge is 2.22. The molecule has 0 aliphatic heterocycles. The van der Waals surface area contributed by atoms with Crippen LogP contribution in [0.3, 0.4) is 0 Å². The zero-order valence-corrected chi connectivity index (χ0v) is 15.9. The Kier molecular flexibility index (Phi) is 7.84. The van der Waals surface area contributed by atoms with Crippen LogP contribution in [-0.2, 0) is 4.79 Å². The molecule has 8 heteroatoms. The highest BCUT2D eigenvalue weighted by Crippen LogP contribution is 2.34. The Bertz CT molecular complexity index is 644. The highest BCUT2D eigenvalue weighted by molar-refractivity contribution is 5.95.